The molecule has 1 atom stereocenters. The average molecular weight is 408 g/mol. The number of fused-ring (bicyclic) bond motifs is 1. The number of halogens is 3. The lowest BCUT2D eigenvalue weighted by atomic mass is 9.91. The number of para-hydroxylation sites is 2. The molecule has 3 rings (SSSR count). The molecule has 1 unspecified atom stereocenters. The molecule has 29 heavy (non-hydrogen) atoms. The summed E-state index contributed by atoms with van der Waals surface area (Å²) in [4.78, 5) is 4.44. The Balaban J connectivity index is 1.81. The number of rotatable bonds is 7. The van der Waals surface area contributed by atoms with E-state index in [1.165, 1.54) is 14.0 Å². The molecule has 1 aromatic heterocycles. The van der Waals surface area contributed by atoms with Crippen LogP contribution in [-0.2, 0) is 13.5 Å². The van der Waals surface area contributed by atoms with Gasteiger partial charge in [0.25, 0.3) is 0 Å². The molecule has 2 aromatic carbocycles. The van der Waals surface area contributed by atoms with E-state index < -0.39 is 24.6 Å². The molecule has 1 heterocycles. The average Bonchev–Trinajstić information content (AvgIpc) is 3.01. The molecule has 0 saturated heterocycles. The number of hydrogen-bond donors (Lipinski definition) is 1. The first-order valence-electron chi connectivity index (χ1n) is 9.24. The standard InChI is InChI=1S/C21H23F3N2O3/c1-4-20(27,21(22,23)24)12-11-14-9-10-17(18(13-14)28-3)29-19-25-15-7-5-6-8-16(15)26(19)2/h5-10,13,27H,4,11-12H2,1-3H3. The van der Waals surface area contributed by atoms with Crippen LogP contribution in [-0.4, -0.2) is 33.5 Å². The van der Waals surface area contributed by atoms with Crippen molar-refractivity contribution in [3.8, 4) is 17.5 Å². The van der Waals surface area contributed by atoms with Crippen LogP contribution in [0.25, 0.3) is 11.0 Å². The predicted octanol–water partition coefficient (Wildman–Crippen LogP) is 5.01. The van der Waals surface area contributed by atoms with E-state index in [1.54, 1.807) is 22.8 Å². The highest BCUT2D eigenvalue weighted by Crippen LogP contribution is 2.38. The summed E-state index contributed by atoms with van der Waals surface area (Å²) in [5, 5.41) is 9.90. The van der Waals surface area contributed by atoms with E-state index in [2.05, 4.69) is 4.98 Å². The van der Waals surface area contributed by atoms with Crippen LogP contribution in [0.4, 0.5) is 13.2 Å². The largest absolute Gasteiger partial charge is 0.493 e. The summed E-state index contributed by atoms with van der Waals surface area (Å²) in [5.41, 5.74) is -0.409. The van der Waals surface area contributed by atoms with Gasteiger partial charge in [0.05, 0.1) is 18.1 Å². The van der Waals surface area contributed by atoms with E-state index in [0.29, 0.717) is 23.1 Å². The van der Waals surface area contributed by atoms with Crippen molar-refractivity contribution in [3.63, 3.8) is 0 Å². The molecule has 3 aromatic rings. The third-order valence-corrected chi connectivity index (χ3v) is 5.12. The van der Waals surface area contributed by atoms with Gasteiger partial charge in [0.15, 0.2) is 17.1 Å². The monoisotopic (exact) mass is 408 g/mol. The van der Waals surface area contributed by atoms with Crippen molar-refractivity contribution in [3.05, 3.63) is 48.0 Å². The second-order valence-electron chi connectivity index (χ2n) is 6.91. The van der Waals surface area contributed by atoms with Crippen molar-refractivity contribution < 1.29 is 27.8 Å². The van der Waals surface area contributed by atoms with Gasteiger partial charge in [0.2, 0.25) is 0 Å². The number of ether oxygens (including phenoxy) is 2. The van der Waals surface area contributed by atoms with Crippen LogP contribution in [0, 0.1) is 0 Å². The minimum atomic E-state index is -4.67. The Morgan fingerprint density at radius 2 is 1.83 bits per heavy atom. The van der Waals surface area contributed by atoms with Gasteiger partial charge in [-0.1, -0.05) is 25.1 Å². The van der Waals surface area contributed by atoms with E-state index in [9.17, 15) is 18.3 Å². The fourth-order valence-electron chi connectivity index (χ4n) is 3.13. The first-order chi connectivity index (χ1) is 13.7. The second-order valence-corrected chi connectivity index (χ2v) is 6.91. The third-order valence-electron chi connectivity index (χ3n) is 5.12. The van der Waals surface area contributed by atoms with Crippen LogP contribution in [0.1, 0.15) is 25.3 Å². The molecule has 1 N–H and O–H groups in total. The van der Waals surface area contributed by atoms with Crippen molar-refractivity contribution in [1.82, 2.24) is 9.55 Å². The minimum absolute atomic E-state index is 0.0484. The minimum Gasteiger partial charge on any atom is -0.493 e. The van der Waals surface area contributed by atoms with Gasteiger partial charge >= 0.3 is 12.2 Å². The van der Waals surface area contributed by atoms with E-state index in [-0.39, 0.29) is 6.42 Å². The lowest BCUT2D eigenvalue weighted by Gasteiger charge is -2.29. The first kappa shape index (κ1) is 21.0. The number of aliphatic hydroxyl groups is 1. The summed E-state index contributed by atoms with van der Waals surface area (Å²) >= 11 is 0. The third kappa shape index (κ3) is 4.17. The fourth-order valence-corrected chi connectivity index (χ4v) is 3.13. The quantitative estimate of drug-likeness (QED) is 0.597. The fraction of sp³-hybridized carbons (Fsp3) is 0.381. The lowest BCUT2D eigenvalue weighted by Crippen LogP contribution is -2.44. The molecular formula is C21H23F3N2O3. The highest BCUT2D eigenvalue weighted by molar-refractivity contribution is 5.76. The van der Waals surface area contributed by atoms with Gasteiger partial charge in [-0.05, 0) is 49.1 Å². The summed E-state index contributed by atoms with van der Waals surface area (Å²) < 4.78 is 52.3. The highest BCUT2D eigenvalue weighted by Gasteiger charge is 2.51. The Kier molecular flexibility index (Phi) is 5.75. The molecule has 0 saturated carbocycles. The molecule has 0 spiro atoms. The first-order valence-corrected chi connectivity index (χ1v) is 9.24. The molecule has 0 fully saturated rings. The molecule has 156 valence electrons. The molecule has 0 radical (unpaired) electrons. The number of aryl methyl sites for hydroxylation is 2. The van der Waals surface area contributed by atoms with Crippen LogP contribution in [0.15, 0.2) is 42.5 Å². The Labute approximate surface area is 166 Å². The Hall–Kier alpha value is -2.74. The topological polar surface area (TPSA) is 56.5 Å². The lowest BCUT2D eigenvalue weighted by molar-refractivity contribution is -0.263. The Morgan fingerprint density at radius 3 is 2.45 bits per heavy atom. The normalized spacial score (nSPS) is 14.0. The van der Waals surface area contributed by atoms with Gasteiger partial charge in [-0.25, -0.2) is 0 Å². The van der Waals surface area contributed by atoms with Gasteiger partial charge in [0, 0.05) is 7.05 Å². The molecule has 0 aliphatic carbocycles. The summed E-state index contributed by atoms with van der Waals surface area (Å²) in [7, 11) is 3.28. The number of imidazole rings is 1. The van der Waals surface area contributed by atoms with Gasteiger partial charge in [-0.3, -0.25) is 4.57 Å². The molecular weight excluding hydrogens is 385 g/mol. The molecule has 0 aliphatic heterocycles. The molecule has 0 aliphatic rings. The summed E-state index contributed by atoms with van der Waals surface area (Å²) in [6.07, 6.45) is -5.45. The smallest absolute Gasteiger partial charge is 0.417 e. The van der Waals surface area contributed by atoms with E-state index in [1.807, 2.05) is 31.3 Å². The van der Waals surface area contributed by atoms with Gasteiger partial charge in [0.1, 0.15) is 0 Å². The maximum absolute atomic E-state index is 13.1. The van der Waals surface area contributed by atoms with Gasteiger partial charge < -0.3 is 14.6 Å². The van der Waals surface area contributed by atoms with Crippen LogP contribution >= 0.6 is 0 Å². The van der Waals surface area contributed by atoms with Crippen LogP contribution in [0.5, 0.6) is 17.5 Å². The highest BCUT2D eigenvalue weighted by atomic mass is 19.4. The zero-order valence-electron chi connectivity index (χ0n) is 16.5. The van der Waals surface area contributed by atoms with Crippen LogP contribution in [0.3, 0.4) is 0 Å². The maximum atomic E-state index is 13.1. The van der Waals surface area contributed by atoms with Crippen molar-refractivity contribution >= 4 is 11.0 Å². The zero-order chi connectivity index (χ0) is 21.2. The van der Waals surface area contributed by atoms with Gasteiger partial charge in [-0.15, -0.1) is 0 Å². The molecule has 0 amide bonds. The Bertz CT molecular complexity index is 1000. The van der Waals surface area contributed by atoms with Crippen molar-refractivity contribution in [2.24, 2.45) is 7.05 Å². The van der Waals surface area contributed by atoms with E-state index in [4.69, 9.17) is 9.47 Å². The molecule has 5 nitrogen and oxygen atoms in total. The number of aromatic nitrogens is 2. The van der Waals surface area contributed by atoms with Gasteiger partial charge in [-0.2, -0.15) is 18.2 Å². The zero-order valence-corrected chi connectivity index (χ0v) is 16.5. The van der Waals surface area contributed by atoms with Crippen molar-refractivity contribution in [2.45, 2.75) is 38.0 Å². The van der Waals surface area contributed by atoms with Crippen molar-refractivity contribution in [2.75, 3.05) is 7.11 Å². The second kappa shape index (κ2) is 7.94. The molecule has 8 heteroatoms. The number of alkyl halides is 3. The van der Waals surface area contributed by atoms with Crippen molar-refractivity contribution in [1.29, 1.82) is 0 Å². The van der Waals surface area contributed by atoms with Crippen LogP contribution in [0.2, 0.25) is 0 Å². The summed E-state index contributed by atoms with van der Waals surface area (Å²) in [6, 6.07) is 12.9. The maximum Gasteiger partial charge on any atom is 0.417 e. The Morgan fingerprint density at radius 1 is 1.10 bits per heavy atom. The number of nitrogens with zero attached hydrogens (tertiary/aromatic N) is 2. The number of benzene rings is 2. The SMILES string of the molecule is CCC(O)(CCc1ccc(Oc2nc3ccccc3n2C)c(OC)c1)C(F)(F)F. The van der Waals surface area contributed by atoms with Crippen LogP contribution < -0.4 is 9.47 Å². The number of methoxy groups -OCH3 is 1. The van der Waals surface area contributed by atoms with E-state index in [0.717, 1.165) is 11.0 Å². The molecule has 0 bridgehead atoms. The summed E-state index contributed by atoms with van der Waals surface area (Å²) in [5.74, 6) is 0.776. The summed E-state index contributed by atoms with van der Waals surface area (Å²) in [6.45, 7) is 1.32. The predicted molar refractivity (Wildman–Crippen MR) is 103 cm³/mol. The number of hydrogen-bond acceptors (Lipinski definition) is 4. The van der Waals surface area contributed by atoms with E-state index >= 15 is 0 Å².